The van der Waals surface area contributed by atoms with Crippen LogP contribution in [0.2, 0.25) is 0 Å². The first-order chi connectivity index (χ1) is 10.1. The molecule has 1 atom stereocenters. The molecule has 0 saturated heterocycles. The second kappa shape index (κ2) is 8.59. The smallest absolute Gasteiger partial charge is 0.322 e. The monoisotopic (exact) mass is 289 g/mol. The summed E-state index contributed by atoms with van der Waals surface area (Å²) < 4.78 is 0. The molecule has 0 aliphatic heterocycles. The summed E-state index contributed by atoms with van der Waals surface area (Å²) in [5.74, 6) is -0.953. The first-order valence-electron chi connectivity index (χ1n) is 6.80. The Hall–Kier alpha value is -2.55. The van der Waals surface area contributed by atoms with Crippen LogP contribution < -0.4 is 10.2 Å². The number of nitrogens with one attached hydrogen (secondary N) is 1. The zero-order valence-corrected chi connectivity index (χ0v) is 12.0. The minimum Gasteiger partial charge on any atom is -0.481 e. The molecule has 1 unspecified atom stereocenters. The molecule has 112 valence electrons. The van der Waals surface area contributed by atoms with E-state index in [1.165, 1.54) is 4.90 Å². The van der Waals surface area contributed by atoms with Crippen LogP contribution in [0.1, 0.15) is 26.2 Å². The fraction of sp³-hybridized carbons (Fsp3) is 0.400. The van der Waals surface area contributed by atoms with E-state index in [9.17, 15) is 9.59 Å². The third-order valence-electron chi connectivity index (χ3n) is 3.00. The van der Waals surface area contributed by atoms with Crippen molar-refractivity contribution in [1.29, 1.82) is 5.26 Å². The number of hydrogen-bond acceptors (Lipinski definition) is 3. The SMILES string of the molecule is CCC(CC(=O)O)NC(=O)N(CCC#N)c1ccccc1. The van der Waals surface area contributed by atoms with Crippen molar-refractivity contribution in [2.45, 2.75) is 32.2 Å². The lowest BCUT2D eigenvalue weighted by atomic mass is 10.1. The number of aliphatic carboxylic acids is 1. The van der Waals surface area contributed by atoms with Gasteiger partial charge in [-0.2, -0.15) is 5.26 Å². The van der Waals surface area contributed by atoms with Crippen molar-refractivity contribution in [2.24, 2.45) is 0 Å². The van der Waals surface area contributed by atoms with Crippen LogP contribution in [-0.4, -0.2) is 29.7 Å². The maximum atomic E-state index is 12.3. The predicted octanol–water partition coefficient (Wildman–Crippen LogP) is 2.37. The number of urea groups is 1. The number of carboxylic acid groups (broad SMARTS) is 1. The summed E-state index contributed by atoms with van der Waals surface area (Å²) >= 11 is 0. The molecule has 0 fully saturated rings. The number of anilines is 1. The van der Waals surface area contributed by atoms with E-state index >= 15 is 0 Å². The minimum atomic E-state index is -0.953. The summed E-state index contributed by atoms with van der Waals surface area (Å²) in [6, 6.07) is 10.2. The van der Waals surface area contributed by atoms with E-state index in [1.807, 2.05) is 19.1 Å². The molecular weight excluding hydrogens is 270 g/mol. The molecule has 1 rings (SSSR count). The average Bonchev–Trinajstić information content (AvgIpc) is 2.47. The molecule has 2 amide bonds. The van der Waals surface area contributed by atoms with Crippen molar-refractivity contribution >= 4 is 17.7 Å². The summed E-state index contributed by atoms with van der Waals surface area (Å²) in [6.07, 6.45) is 0.611. The minimum absolute atomic E-state index is 0.122. The van der Waals surface area contributed by atoms with Gasteiger partial charge in [-0.1, -0.05) is 25.1 Å². The fourth-order valence-electron chi connectivity index (χ4n) is 1.88. The van der Waals surface area contributed by atoms with Crippen LogP contribution in [-0.2, 0) is 4.79 Å². The molecule has 2 N–H and O–H groups in total. The van der Waals surface area contributed by atoms with Gasteiger partial charge in [-0.05, 0) is 18.6 Å². The summed E-state index contributed by atoms with van der Waals surface area (Å²) in [5.41, 5.74) is 0.676. The largest absolute Gasteiger partial charge is 0.481 e. The van der Waals surface area contributed by atoms with Gasteiger partial charge in [-0.15, -0.1) is 0 Å². The Morgan fingerprint density at radius 3 is 2.57 bits per heavy atom. The highest BCUT2D eigenvalue weighted by Gasteiger charge is 2.19. The highest BCUT2D eigenvalue weighted by molar-refractivity contribution is 5.92. The van der Waals surface area contributed by atoms with Crippen molar-refractivity contribution < 1.29 is 14.7 Å². The average molecular weight is 289 g/mol. The van der Waals surface area contributed by atoms with E-state index in [0.717, 1.165) is 0 Å². The first-order valence-corrected chi connectivity index (χ1v) is 6.80. The topological polar surface area (TPSA) is 93.4 Å². The van der Waals surface area contributed by atoms with E-state index in [-0.39, 0.29) is 25.4 Å². The van der Waals surface area contributed by atoms with Gasteiger partial charge in [0, 0.05) is 18.3 Å². The number of rotatable bonds is 7. The predicted molar refractivity (Wildman–Crippen MR) is 78.9 cm³/mol. The van der Waals surface area contributed by atoms with Crippen LogP contribution >= 0.6 is 0 Å². The van der Waals surface area contributed by atoms with Crippen molar-refractivity contribution in [2.75, 3.05) is 11.4 Å². The Bertz CT molecular complexity index is 511. The van der Waals surface area contributed by atoms with Crippen molar-refractivity contribution in [3.8, 4) is 6.07 Å². The Balaban J connectivity index is 2.80. The molecule has 0 radical (unpaired) electrons. The Morgan fingerprint density at radius 1 is 1.38 bits per heavy atom. The maximum Gasteiger partial charge on any atom is 0.322 e. The van der Waals surface area contributed by atoms with E-state index in [1.54, 1.807) is 24.3 Å². The number of carbonyl (C=O) groups excluding carboxylic acids is 1. The van der Waals surface area contributed by atoms with Crippen LogP contribution in [0.4, 0.5) is 10.5 Å². The molecule has 21 heavy (non-hydrogen) atoms. The van der Waals surface area contributed by atoms with Gasteiger partial charge in [0.05, 0.1) is 18.9 Å². The number of amides is 2. The third-order valence-corrected chi connectivity index (χ3v) is 3.00. The molecule has 0 saturated carbocycles. The molecule has 0 heterocycles. The molecule has 1 aromatic carbocycles. The van der Waals surface area contributed by atoms with Crippen molar-refractivity contribution in [3.63, 3.8) is 0 Å². The molecule has 6 nitrogen and oxygen atoms in total. The zero-order valence-electron chi connectivity index (χ0n) is 12.0. The lowest BCUT2D eigenvalue weighted by molar-refractivity contribution is -0.137. The molecular formula is C15H19N3O3. The van der Waals surface area contributed by atoms with Gasteiger partial charge in [0.2, 0.25) is 0 Å². The highest BCUT2D eigenvalue weighted by Crippen LogP contribution is 2.14. The van der Waals surface area contributed by atoms with Crippen molar-refractivity contribution in [1.82, 2.24) is 5.32 Å². The fourth-order valence-corrected chi connectivity index (χ4v) is 1.88. The number of nitriles is 1. The highest BCUT2D eigenvalue weighted by atomic mass is 16.4. The molecule has 0 aliphatic rings. The molecule has 1 aromatic rings. The number of para-hydroxylation sites is 1. The van der Waals surface area contributed by atoms with Crippen LogP contribution in [0.25, 0.3) is 0 Å². The summed E-state index contributed by atoms with van der Waals surface area (Å²) in [6.45, 7) is 2.08. The maximum absolute atomic E-state index is 12.3. The van der Waals surface area contributed by atoms with Gasteiger partial charge >= 0.3 is 12.0 Å². The number of benzene rings is 1. The van der Waals surface area contributed by atoms with Crippen LogP contribution in [0.15, 0.2) is 30.3 Å². The first kappa shape index (κ1) is 16.5. The normalized spacial score (nSPS) is 11.2. The van der Waals surface area contributed by atoms with Gasteiger partial charge < -0.3 is 10.4 Å². The number of nitrogens with zero attached hydrogens (tertiary/aromatic N) is 2. The second-order valence-electron chi connectivity index (χ2n) is 4.55. The van der Waals surface area contributed by atoms with Gasteiger partial charge in [-0.3, -0.25) is 9.69 Å². The number of carboxylic acids is 1. The number of carbonyl (C=O) groups is 2. The summed E-state index contributed by atoms with van der Waals surface area (Å²) in [4.78, 5) is 24.5. The molecule has 0 aliphatic carbocycles. The van der Waals surface area contributed by atoms with E-state index in [0.29, 0.717) is 12.1 Å². The molecule has 6 heteroatoms. The van der Waals surface area contributed by atoms with Crippen LogP contribution in [0.5, 0.6) is 0 Å². The van der Waals surface area contributed by atoms with E-state index in [2.05, 4.69) is 5.32 Å². The van der Waals surface area contributed by atoms with Crippen molar-refractivity contribution in [3.05, 3.63) is 30.3 Å². The number of hydrogen-bond donors (Lipinski definition) is 2. The molecule has 0 bridgehead atoms. The quantitative estimate of drug-likeness (QED) is 0.805. The zero-order chi connectivity index (χ0) is 15.7. The molecule has 0 aromatic heterocycles. The molecule has 0 spiro atoms. The van der Waals surface area contributed by atoms with Crippen LogP contribution in [0, 0.1) is 11.3 Å². The van der Waals surface area contributed by atoms with Gasteiger partial charge in [-0.25, -0.2) is 4.79 Å². The van der Waals surface area contributed by atoms with Gasteiger partial charge in [0.25, 0.3) is 0 Å². The van der Waals surface area contributed by atoms with Crippen LogP contribution in [0.3, 0.4) is 0 Å². The summed E-state index contributed by atoms with van der Waals surface area (Å²) in [7, 11) is 0. The summed E-state index contributed by atoms with van der Waals surface area (Å²) in [5, 5.41) is 20.2. The van der Waals surface area contributed by atoms with Gasteiger partial charge in [0.15, 0.2) is 0 Å². The second-order valence-corrected chi connectivity index (χ2v) is 4.55. The van der Waals surface area contributed by atoms with Gasteiger partial charge in [0.1, 0.15) is 0 Å². The van der Waals surface area contributed by atoms with E-state index < -0.39 is 12.0 Å². The standard InChI is InChI=1S/C15H19N3O3/c1-2-12(11-14(19)20)17-15(21)18(10-6-9-16)13-7-4-3-5-8-13/h3-5,7-8,12H,2,6,10-11H2,1H3,(H,17,21)(H,19,20). The lowest BCUT2D eigenvalue weighted by Crippen LogP contribution is -2.46. The third kappa shape index (κ3) is 5.53. The lowest BCUT2D eigenvalue weighted by Gasteiger charge is -2.25. The Morgan fingerprint density at radius 2 is 2.05 bits per heavy atom. The Kier molecular flexibility index (Phi) is 6.75. The van der Waals surface area contributed by atoms with E-state index in [4.69, 9.17) is 10.4 Å². The Labute approximate surface area is 124 Å².